The molecule has 2 heterocycles. The topological polar surface area (TPSA) is 9.86 Å². The Morgan fingerprint density at radius 2 is 0.729 bits per heavy atom. The summed E-state index contributed by atoms with van der Waals surface area (Å²) in [5.74, 6) is 0. The van der Waals surface area contributed by atoms with Gasteiger partial charge in [0.2, 0.25) is 0 Å². The minimum Gasteiger partial charge on any atom is -0.309 e. The summed E-state index contributed by atoms with van der Waals surface area (Å²) in [5.41, 5.74) is 19.1. The lowest BCUT2D eigenvalue weighted by Crippen LogP contribution is -2.42. The Hall–Kier alpha value is -5.08. The van der Waals surface area contributed by atoms with Crippen LogP contribution in [0.5, 0.6) is 0 Å². The average molecular weight is 773 g/mol. The number of aromatic nitrogens is 2. The SMILES string of the molecule is CC1(C)c2ccccc2-c2cc3c4cc5c(cc4n(-c4ccc6c7cc8c(cc7n(-c7ccccc7)c6c4)C(C)(C)C(C)(C)C8(C)C)c3cc21)C(C)(C)C(C)(C)C5(C)C. The predicted octanol–water partition coefficient (Wildman–Crippen LogP) is 15.4. The summed E-state index contributed by atoms with van der Waals surface area (Å²) in [5, 5.41) is 5.31. The standard InChI is InChI=1S/C57H60N2/c1-51(2)41-23-19-18-22-35(41)37-27-38-40-29-44-46(55(9,10)57(13,14)53(44,5)6)32-50(40)59(48(38)30-42(37)51)34-24-25-36-39-28-43-45(54(7,8)56(11,12)52(43,3)4)31-49(39)58(47(36)26-34)33-20-16-15-17-21-33/h15-32H,1-14H3. The van der Waals surface area contributed by atoms with E-state index >= 15 is 0 Å². The molecule has 0 bridgehead atoms. The van der Waals surface area contributed by atoms with Crippen LogP contribution in [0, 0.1) is 10.8 Å². The molecule has 3 aliphatic rings. The van der Waals surface area contributed by atoms with Gasteiger partial charge in [-0.2, -0.15) is 0 Å². The van der Waals surface area contributed by atoms with Gasteiger partial charge in [-0.05, 0) is 138 Å². The molecular formula is C57H60N2. The Morgan fingerprint density at radius 1 is 0.305 bits per heavy atom. The van der Waals surface area contributed by atoms with Crippen molar-refractivity contribution >= 4 is 43.6 Å². The second-order valence-electron chi connectivity index (χ2n) is 22.4. The van der Waals surface area contributed by atoms with Crippen molar-refractivity contribution in [2.45, 2.75) is 124 Å². The molecule has 298 valence electrons. The molecule has 0 atom stereocenters. The molecule has 0 saturated carbocycles. The smallest absolute Gasteiger partial charge is 0.0561 e. The normalized spacial score (nSPS) is 20.6. The number of hydrogen-bond acceptors (Lipinski definition) is 0. The molecule has 2 heteroatoms. The van der Waals surface area contributed by atoms with Crippen molar-refractivity contribution in [2.75, 3.05) is 0 Å². The van der Waals surface area contributed by atoms with Crippen LogP contribution in [0.3, 0.4) is 0 Å². The van der Waals surface area contributed by atoms with Crippen LogP contribution in [0.4, 0.5) is 0 Å². The zero-order chi connectivity index (χ0) is 41.8. The maximum Gasteiger partial charge on any atom is 0.0561 e. The number of fused-ring (bicyclic) bond motifs is 11. The van der Waals surface area contributed by atoms with E-state index in [1.165, 1.54) is 99.5 Å². The van der Waals surface area contributed by atoms with Crippen LogP contribution in [-0.4, -0.2) is 9.13 Å². The molecule has 0 spiro atoms. The second kappa shape index (κ2) is 10.8. The Morgan fingerprint density at radius 3 is 1.29 bits per heavy atom. The van der Waals surface area contributed by atoms with Crippen LogP contribution in [0.25, 0.3) is 66.1 Å². The van der Waals surface area contributed by atoms with E-state index in [4.69, 9.17) is 0 Å². The Kier molecular flexibility index (Phi) is 6.77. The Labute approximate surface area is 351 Å². The van der Waals surface area contributed by atoms with Crippen LogP contribution >= 0.6 is 0 Å². The predicted molar refractivity (Wildman–Crippen MR) is 252 cm³/mol. The monoisotopic (exact) mass is 772 g/mol. The first-order chi connectivity index (χ1) is 27.6. The summed E-state index contributed by atoms with van der Waals surface area (Å²) in [7, 11) is 0. The quantitative estimate of drug-likeness (QED) is 0.166. The molecule has 0 saturated heterocycles. The molecule has 8 aromatic rings. The van der Waals surface area contributed by atoms with Crippen molar-refractivity contribution in [3.63, 3.8) is 0 Å². The van der Waals surface area contributed by atoms with Crippen LogP contribution in [0.2, 0.25) is 0 Å². The first-order valence-corrected chi connectivity index (χ1v) is 22.0. The van der Waals surface area contributed by atoms with E-state index in [0.29, 0.717) is 0 Å². The molecule has 59 heavy (non-hydrogen) atoms. The third-order valence-corrected chi connectivity index (χ3v) is 18.7. The maximum atomic E-state index is 2.61. The van der Waals surface area contributed by atoms with E-state index in [2.05, 4.69) is 215 Å². The van der Waals surface area contributed by atoms with E-state index < -0.39 is 0 Å². The zero-order valence-corrected chi connectivity index (χ0v) is 37.8. The lowest BCUT2D eigenvalue weighted by Gasteiger charge is -2.44. The summed E-state index contributed by atoms with van der Waals surface area (Å²) in [6, 6.07) is 42.8. The van der Waals surface area contributed by atoms with Gasteiger partial charge in [0.25, 0.3) is 0 Å². The average Bonchev–Trinajstić information content (AvgIpc) is 3.82. The minimum atomic E-state index is -0.0998. The number of rotatable bonds is 2. The van der Waals surface area contributed by atoms with E-state index in [9.17, 15) is 0 Å². The van der Waals surface area contributed by atoms with Crippen LogP contribution < -0.4 is 0 Å². The van der Waals surface area contributed by atoms with Gasteiger partial charge in [0, 0.05) is 38.3 Å². The van der Waals surface area contributed by atoms with Crippen LogP contribution in [-0.2, 0) is 27.1 Å². The second-order valence-corrected chi connectivity index (χ2v) is 22.4. The van der Waals surface area contributed by atoms with Crippen molar-refractivity contribution in [1.29, 1.82) is 0 Å². The molecule has 2 aromatic heterocycles. The molecule has 11 rings (SSSR count). The Bertz CT molecular complexity index is 3170. The van der Waals surface area contributed by atoms with Crippen molar-refractivity contribution < 1.29 is 0 Å². The first-order valence-electron chi connectivity index (χ1n) is 22.0. The summed E-state index contributed by atoms with van der Waals surface area (Å²) in [4.78, 5) is 0. The summed E-state index contributed by atoms with van der Waals surface area (Å²) in [6.07, 6.45) is 0. The van der Waals surface area contributed by atoms with Gasteiger partial charge in [-0.25, -0.2) is 0 Å². The van der Waals surface area contributed by atoms with Crippen LogP contribution in [0.15, 0.2) is 109 Å². The molecule has 0 N–H and O–H groups in total. The third-order valence-electron chi connectivity index (χ3n) is 18.7. The van der Waals surface area contributed by atoms with E-state index in [0.717, 1.165) is 0 Å². The molecule has 0 unspecified atom stereocenters. The van der Waals surface area contributed by atoms with Crippen LogP contribution in [0.1, 0.15) is 130 Å². The highest BCUT2D eigenvalue weighted by Gasteiger charge is 2.58. The lowest BCUT2D eigenvalue weighted by atomic mass is 9.59. The number of benzene rings is 6. The van der Waals surface area contributed by atoms with Gasteiger partial charge in [0.05, 0.1) is 22.1 Å². The van der Waals surface area contributed by atoms with Crippen molar-refractivity contribution in [3.8, 4) is 22.5 Å². The zero-order valence-electron chi connectivity index (χ0n) is 37.8. The van der Waals surface area contributed by atoms with Gasteiger partial charge in [-0.1, -0.05) is 145 Å². The fraction of sp³-hybridized carbons (Fsp3) is 0.368. The summed E-state index contributed by atoms with van der Waals surface area (Å²) >= 11 is 0. The minimum absolute atomic E-state index is 0.00786. The van der Waals surface area contributed by atoms with Gasteiger partial charge in [-0.15, -0.1) is 0 Å². The molecule has 0 fully saturated rings. The highest BCUT2D eigenvalue weighted by Crippen LogP contribution is 2.64. The van der Waals surface area contributed by atoms with E-state index in [1.807, 2.05) is 0 Å². The number of hydrogen-bond donors (Lipinski definition) is 0. The Balaban J connectivity index is 1.26. The fourth-order valence-corrected chi connectivity index (χ4v) is 12.6. The molecule has 0 aliphatic heterocycles. The highest BCUT2D eigenvalue weighted by atomic mass is 15.0. The van der Waals surface area contributed by atoms with Gasteiger partial charge < -0.3 is 9.13 Å². The molecule has 6 aromatic carbocycles. The number of para-hydroxylation sites is 1. The number of nitrogens with zero attached hydrogens (tertiary/aromatic N) is 2. The van der Waals surface area contributed by atoms with Crippen molar-refractivity contribution in [3.05, 3.63) is 143 Å². The lowest BCUT2D eigenvalue weighted by molar-refractivity contribution is 0.125. The molecule has 0 amide bonds. The van der Waals surface area contributed by atoms with Gasteiger partial charge in [-0.3, -0.25) is 0 Å². The molecule has 0 radical (unpaired) electrons. The van der Waals surface area contributed by atoms with E-state index in [-0.39, 0.29) is 37.9 Å². The molecule has 3 aliphatic carbocycles. The largest absolute Gasteiger partial charge is 0.309 e. The molecular weight excluding hydrogens is 713 g/mol. The summed E-state index contributed by atoms with van der Waals surface area (Å²) < 4.78 is 5.15. The summed E-state index contributed by atoms with van der Waals surface area (Å²) in [6.45, 7) is 34.4. The first kappa shape index (κ1) is 37.0. The fourth-order valence-electron chi connectivity index (χ4n) is 12.6. The van der Waals surface area contributed by atoms with Crippen molar-refractivity contribution in [1.82, 2.24) is 9.13 Å². The van der Waals surface area contributed by atoms with Gasteiger partial charge in [0.15, 0.2) is 0 Å². The van der Waals surface area contributed by atoms with Crippen molar-refractivity contribution in [2.24, 2.45) is 10.8 Å². The maximum absolute atomic E-state index is 2.61. The van der Waals surface area contributed by atoms with Gasteiger partial charge in [0.1, 0.15) is 0 Å². The van der Waals surface area contributed by atoms with Gasteiger partial charge >= 0.3 is 0 Å². The van der Waals surface area contributed by atoms with E-state index in [1.54, 1.807) is 0 Å². The highest BCUT2D eigenvalue weighted by molar-refractivity contribution is 6.14. The third kappa shape index (κ3) is 4.10. The molecule has 2 nitrogen and oxygen atoms in total.